The number of nitrogens with two attached hydrogens (primary N) is 1. The number of rotatable bonds is 4. The summed E-state index contributed by atoms with van der Waals surface area (Å²) in [5.74, 6) is 0.958. The molecule has 4 heteroatoms. The van der Waals surface area contributed by atoms with Gasteiger partial charge in [0.05, 0.1) is 16.1 Å². The summed E-state index contributed by atoms with van der Waals surface area (Å²) in [4.78, 5) is 4.76. The molecule has 0 aliphatic heterocycles. The molecule has 2 N–H and O–H groups in total. The second-order valence-corrected chi connectivity index (χ2v) is 5.43. The third kappa shape index (κ3) is 2.55. The molecule has 3 aromatic rings. The minimum absolute atomic E-state index is 0.652. The van der Waals surface area contributed by atoms with E-state index in [1.165, 1.54) is 5.56 Å². The number of benzene rings is 2. The van der Waals surface area contributed by atoms with E-state index in [1.54, 1.807) is 0 Å². The van der Waals surface area contributed by atoms with Gasteiger partial charge in [-0.3, -0.25) is 0 Å². The van der Waals surface area contributed by atoms with Crippen LogP contribution in [0.15, 0.2) is 42.5 Å². The molecule has 2 aromatic carbocycles. The Hall–Kier alpha value is -1.84. The van der Waals surface area contributed by atoms with Gasteiger partial charge >= 0.3 is 0 Å². The molecule has 0 bridgehead atoms. The zero-order chi connectivity index (χ0) is 14.8. The SMILES string of the molecule is CCn1c(-c2cccc(CCN)c2)nc2cccc(Cl)c21. The van der Waals surface area contributed by atoms with E-state index in [1.807, 2.05) is 18.2 Å². The van der Waals surface area contributed by atoms with Gasteiger partial charge in [-0.2, -0.15) is 0 Å². The highest BCUT2D eigenvalue weighted by Crippen LogP contribution is 2.29. The van der Waals surface area contributed by atoms with Crippen molar-refractivity contribution >= 4 is 22.6 Å². The minimum atomic E-state index is 0.652. The van der Waals surface area contributed by atoms with Crippen LogP contribution in [0.3, 0.4) is 0 Å². The number of para-hydroxylation sites is 1. The molecule has 21 heavy (non-hydrogen) atoms. The van der Waals surface area contributed by atoms with Crippen LogP contribution in [-0.2, 0) is 13.0 Å². The van der Waals surface area contributed by atoms with E-state index in [0.29, 0.717) is 6.54 Å². The average Bonchev–Trinajstić information content (AvgIpc) is 2.88. The molecule has 0 spiro atoms. The quantitative estimate of drug-likeness (QED) is 0.794. The van der Waals surface area contributed by atoms with Crippen LogP contribution in [0.4, 0.5) is 0 Å². The maximum Gasteiger partial charge on any atom is 0.141 e. The zero-order valence-corrected chi connectivity index (χ0v) is 12.8. The lowest BCUT2D eigenvalue weighted by Gasteiger charge is -2.08. The number of halogens is 1. The Kier molecular flexibility index (Phi) is 3.95. The van der Waals surface area contributed by atoms with E-state index >= 15 is 0 Å². The summed E-state index contributed by atoms with van der Waals surface area (Å²) in [6, 6.07) is 14.2. The molecule has 0 atom stereocenters. The van der Waals surface area contributed by atoms with E-state index in [-0.39, 0.29) is 0 Å². The van der Waals surface area contributed by atoms with Crippen molar-refractivity contribution in [3.8, 4) is 11.4 Å². The van der Waals surface area contributed by atoms with E-state index in [9.17, 15) is 0 Å². The Bertz CT molecular complexity index is 777. The van der Waals surface area contributed by atoms with Gasteiger partial charge in [-0.15, -0.1) is 0 Å². The Balaban J connectivity index is 2.20. The van der Waals surface area contributed by atoms with E-state index in [0.717, 1.165) is 40.4 Å². The van der Waals surface area contributed by atoms with Crippen LogP contribution in [0.2, 0.25) is 5.02 Å². The van der Waals surface area contributed by atoms with Crippen molar-refractivity contribution in [1.82, 2.24) is 9.55 Å². The highest BCUT2D eigenvalue weighted by Gasteiger charge is 2.13. The molecule has 0 radical (unpaired) electrons. The molecule has 1 heterocycles. The maximum absolute atomic E-state index is 6.35. The van der Waals surface area contributed by atoms with Gasteiger partial charge in [0, 0.05) is 12.1 Å². The molecule has 3 nitrogen and oxygen atoms in total. The van der Waals surface area contributed by atoms with Crippen LogP contribution in [0.5, 0.6) is 0 Å². The van der Waals surface area contributed by atoms with E-state index in [2.05, 4.69) is 35.8 Å². The number of hydrogen-bond acceptors (Lipinski definition) is 2. The number of imidazole rings is 1. The lowest BCUT2D eigenvalue weighted by atomic mass is 10.1. The first-order valence-electron chi connectivity index (χ1n) is 7.18. The van der Waals surface area contributed by atoms with Crippen LogP contribution in [-0.4, -0.2) is 16.1 Å². The van der Waals surface area contributed by atoms with Crippen LogP contribution >= 0.6 is 11.6 Å². The first-order chi connectivity index (χ1) is 10.2. The van der Waals surface area contributed by atoms with Crippen molar-refractivity contribution < 1.29 is 0 Å². The van der Waals surface area contributed by atoms with Crippen molar-refractivity contribution in [2.45, 2.75) is 19.9 Å². The Morgan fingerprint density at radius 1 is 1.19 bits per heavy atom. The molecular formula is C17H18ClN3. The van der Waals surface area contributed by atoms with E-state index < -0.39 is 0 Å². The molecule has 3 rings (SSSR count). The topological polar surface area (TPSA) is 43.8 Å². The Morgan fingerprint density at radius 3 is 2.76 bits per heavy atom. The van der Waals surface area contributed by atoms with Gasteiger partial charge in [0.1, 0.15) is 5.82 Å². The van der Waals surface area contributed by atoms with Gasteiger partial charge in [0.15, 0.2) is 0 Å². The zero-order valence-electron chi connectivity index (χ0n) is 12.0. The van der Waals surface area contributed by atoms with Gasteiger partial charge in [0.25, 0.3) is 0 Å². The van der Waals surface area contributed by atoms with Crippen molar-refractivity contribution in [1.29, 1.82) is 0 Å². The summed E-state index contributed by atoms with van der Waals surface area (Å²) in [7, 11) is 0. The number of fused-ring (bicyclic) bond motifs is 1. The second-order valence-electron chi connectivity index (χ2n) is 5.03. The first kappa shape index (κ1) is 14.1. The molecule has 1 aromatic heterocycles. The fourth-order valence-corrected chi connectivity index (χ4v) is 2.97. The highest BCUT2D eigenvalue weighted by atomic mass is 35.5. The van der Waals surface area contributed by atoms with Gasteiger partial charge in [-0.25, -0.2) is 4.98 Å². The second kappa shape index (κ2) is 5.88. The summed E-state index contributed by atoms with van der Waals surface area (Å²) in [6.07, 6.45) is 0.876. The number of hydrogen-bond donors (Lipinski definition) is 1. The molecule has 0 unspecified atom stereocenters. The summed E-state index contributed by atoms with van der Waals surface area (Å²) in [5.41, 5.74) is 9.92. The fourth-order valence-electron chi connectivity index (χ4n) is 2.70. The third-order valence-corrected chi connectivity index (χ3v) is 3.96. The standard InChI is InChI=1S/C17H18ClN3/c1-2-21-16-14(18)7-4-8-15(16)20-17(21)13-6-3-5-12(11-13)9-10-19/h3-8,11H,2,9-10,19H2,1H3. The van der Waals surface area contributed by atoms with Crippen LogP contribution in [0.25, 0.3) is 22.4 Å². The minimum Gasteiger partial charge on any atom is -0.330 e. The molecule has 0 amide bonds. The first-order valence-corrected chi connectivity index (χ1v) is 7.56. The number of nitrogens with zero attached hydrogens (tertiary/aromatic N) is 2. The molecule has 108 valence electrons. The predicted molar refractivity (Wildman–Crippen MR) is 88.6 cm³/mol. The maximum atomic E-state index is 6.35. The van der Waals surface area contributed by atoms with Crippen molar-refractivity contribution in [2.75, 3.05) is 6.54 Å². The highest BCUT2D eigenvalue weighted by molar-refractivity contribution is 6.35. The summed E-state index contributed by atoms with van der Waals surface area (Å²) < 4.78 is 2.17. The number of aryl methyl sites for hydroxylation is 1. The van der Waals surface area contributed by atoms with Gasteiger partial charge in [0.2, 0.25) is 0 Å². The summed E-state index contributed by atoms with van der Waals surface area (Å²) in [5, 5.41) is 0.742. The fraction of sp³-hybridized carbons (Fsp3) is 0.235. The number of aromatic nitrogens is 2. The van der Waals surface area contributed by atoms with Crippen molar-refractivity contribution in [3.63, 3.8) is 0 Å². The van der Waals surface area contributed by atoms with Gasteiger partial charge in [-0.1, -0.05) is 35.9 Å². The molecule has 0 fully saturated rings. The van der Waals surface area contributed by atoms with Gasteiger partial charge < -0.3 is 10.3 Å². The van der Waals surface area contributed by atoms with Crippen molar-refractivity contribution in [3.05, 3.63) is 53.1 Å². The largest absolute Gasteiger partial charge is 0.330 e. The lowest BCUT2D eigenvalue weighted by molar-refractivity contribution is 0.796. The Morgan fingerprint density at radius 2 is 2.00 bits per heavy atom. The predicted octanol–water partition coefficient (Wildman–Crippen LogP) is 3.88. The molecule has 0 aliphatic rings. The van der Waals surface area contributed by atoms with Crippen LogP contribution < -0.4 is 5.73 Å². The molecule has 0 aliphatic carbocycles. The van der Waals surface area contributed by atoms with Crippen LogP contribution in [0, 0.1) is 0 Å². The molecule has 0 saturated carbocycles. The average molecular weight is 300 g/mol. The molecule has 0 saturated heterocycles. The normalized spacial score (nSPS) is 11.2. The van der Waals surface area contributed by atoms with Crippen molar-refractivity contribution in [2.24, 2.45) is 5.73 Å². The third-order valence-electron chi connectivity index (χ3n) is 3.65. The molecular weight excluding hydrogens is 282 g/mol. The summed E-state index contributed by atoms with van der Waals surface area (Å²) in [6.45, 7) is 3.59. The smallest absolute Gasteiger partial charge is 0.141 e. The Labute approximate surface area is 129 Å². The monoisotopic (exact) mass is 299 g/mol. The van der Waals surface area contributed by atoms with E-state index in [4.69, 9.17) is 22.3 Å². The van der Waals surface area contributed by atoms with Crippen LogP contribution in [0.1, 0.15) is 12.5 Å². The summed E-state index contributed by atoms with van der Waals surface area (Å²) >= 11 is 6.35. The van der Waals surface area contributed by atoms with Gasteiger partial charge in [-0.05, 0) is 43.7 Å². The lowest BCUT2D eigenvalue weighted by Crippen LogP contribution is -2.03.